The summed E-state index contributed by atoms with van der Waals surface area (Å²) in [4.78, 5) is 25.2. The second kappa shape index (κ2) is 5.85. The summed E-state index contributed by atoms with van der Waals surface area (Å²) in [5.41, 5.74) is 1.51. The second-order valence-corrected chi connectivity index (χ2v) is 4.31. The fourth-order valence-electron chi connectivity index (χ4n) is 1.98. The van der Waals surface area contributed by atoms with Crippen LogP contribution < -0.4 is 0 Å². The van der Waals surface area contributed by atoms with Crippen LogP contribution in [-0.2, 0) is 9.53 Å². The van der Waals surface area contributed by atoms with Crippen LogP contribution in [-0.4, -0.2) is 40.2 Å². The molecule has 1 aromatic heterocycles. The third-order valence-corrected chi connectivity index (χ3v) is 3.03. The quantitative estimate of drug-likeness (QED) is 0.558. The molecule has 0 aliphatic carbocycles. The molecule has 6 nitrogen and oxygen atoms in total. The number of aromatic nitrogens is 1. The molecule has 1 aromatic carbocycles. The maximum Gasteiger partial charge on any atom is 0.338 e. The Morgan fingerprint density at radius 1 is 1.45 bits per heavy atom. The van der Waals surface area contributed by atoms with Gasteiger partial charge in [0.25, 0.3) is 0 Å². The van der Waals surface area contributed by atoms with Crippen molar-refractivity contribution < 1.29 is 24.5 Å². The molecule has 2 rings (SSSR count). The van der Waals surface area contributed by atoms with Crippen LogP contribution in [0.15, 0.2) is 24.4 Å². The number of carbonyl (C=O) groups excluding carboxylic acids is 2. The zero-order valence-corrected chi connectivity index (χ0v) is 10.9. The molecule has 106 valence electrons. The third kappa shape index (κ3) is 2.56. The van der Waals surface area contributed by atoms with E-state index in [0.29, 0.717) is 22.8 Å². The Hall–Kier alpha value is -2.18. The molecule has 1 heterocycles. The largest absolute Gasteiger partial charge is 0.464 e. The van der Waals surface area contributed by atoms with Crippen molar-refractivity contribution in [1.82, 2.24) is 4.98 Å². The third-order valence-electron chi connectivity index (χ3n) is 3.03. The number of ether oxygens (including phenoxy) is 1. The van der Waals surface area contributed by atoms with E-state index in [1.807, 2.05) is 0 Å². The highest BCUT2D eigenvalue weighted by Gasteiger charge is 2.27. The van der Waals surface area contributed by atoms with E-state index in [0.717, 1.165) is 5.52 Å². The zero-order valence-electron chi connectivity index (χ0n) is 10.9. The lowest BCUT2D eigenvalue weighted by Gasteiger charge is -2.16. The topological polar surface area (TPSA) is 99.6 Å². The van der Waals surface area contributed by atoms with E-state index in [2.05, 4.69) is 9.72 Å². The van der Waals surface area contributed by atoms with Gasteiger partial charge in [-0.25, -0.2) is 4.79 Å². The molecule has 0 aliphatic rings. The number of aliphatic hydroxyl groups excluding tert-OH is 2. The molecule has 2 unspecified atom stereocenters. The second-order valence-electron chi connectivity index (χ2n) is 4.31. The average Bonchev–Trinajstić information content (AvgIpc) is 2.88. The van der Waals surface area contributed by atoms with Crippen molar-refractivity contribution in [2.75, 3.05) is 6.61 Å². The van der Waals surface area contributed by atoms with E-state index in [-0.39, 0.29) is 6.61 Å². The first-order valence-electron chi connectivity index (χ1n) is 6.17. The lowest BCUT2D eigenvalue weighted by atomic mass is 10.0. The van der Waals surface area contributed by atoms with E-state index in [9.17, 15) is 19.8 Å². The number of hydrogen-bond donors (Lipinski definition) is 3. The molecule has 2 aromatic rings. The summed E-state index contributed by atoms with van der Waals surface area (Å²) in [6.07, 6.45) is -0.828. The Kier molecular flexibility index (Phi) is 4.16. The number of hydrogen-bond acceptors (Lipinski definition) is 5. The summed E-state index contributed by atoms with van der Waals surface area (Å²) >= 11 is 0. The minimum Gasteiger partial charge on any atom is -0.464 e. The first-order valence-corrected chi connectivity index (χ1v) is 6.17. The van der Waals surface area contributed by atoms with Gasteiger partial charge < -0.3 is 19.9 Å². The van der Waals surface area contributed by atoms with Gasteiger partial charge in [-0.05, 0) is 24.6 Å². The predicted molar refractivity (Wildman–Crippen MR) is 71.3 cm³/mol. The number of nitrogens with one attached hydrogen (secondary N) is 1. The van der Waals surface area contributed by atoms with Crippen LogP contribution in [0.25, 0.3) is 10.9 Å². The minimum atomic E-state index is -1.66. The standard InChI is InChI=1S/C14H15NO5/c1-2-20-14(19)13(18)12(17)8-3-4-11-10(5-8)9(7-16)6-15-11/h3-7,12-13,15,17-18H,2H2,1H3. The number of carbonyl (C=O) groups is 2. The molecule has 0 saturated heterocycles. The van der Waals surface area contributed by atoms with E-state index in [1.165, 1.54) is 0 Å². The first-order chi connectivity index (χ1) is 9.58. The Morgan fingerprint density at radius 3 is 2.85 bits per heavy atom. The van der Waals surface area contributed by atoms with Crippen molar-refractivity contribution in [3.05, 3.63) is 35.5 Å². The van der Waals surface area contributed by atoms with Crippen LogP contribution in [0.2, 0.25) is 0 Å². The Balaban J connectivity index is 2.32. The number of esters is 1. The maximum absolute atomic E-state index is 11.4. The van der Waals surface area contributed by atoms with E-state index >= 15 is 0 Å². The van der Waals surface area contributed by atoms with E-state index in [1.54, 1.807) is 31.3 Å². The van der Waals surface area contributed by atoms with Crippen LogP contribution in [0.3, 0.4) is 0 Å². The van der Waals surface area contributed by atoms with Crippen molar-refractivity contribution in [2.45, 2.75) is 19.1 Å². The fraction of sp³-hybridized carbons (Fsp3) is 0.286. The lowest BCUT2D eigenvalue weighted by molar-refractivity contribution is -0.159. The summed E-state index contributed by atoms with van der Waals surface area (Å²) in [6, 6.07) is 4.79. The molecule has 20 heavy (non-hydrogen) atoms. The Morgan fingerprint density at radius 2 is 2.20 bits per heavy atom. The van der Waals surface area contributed by atoms with Gasteiger partial charge in [0.1, 0.15) is 6.10 Å². The van der Waals surface area contributed by atoms with Gasteiger partial charge in [-0.15, -0.1) is 0 Å². The average molecular weight is 277 g/mol. The SMILES string of the molecule is CCOC(=O)C(O)C(O)c1ccc2[nH]cc(C=O)c2c1. The molecule has 0 spiro atoms. The molecular formula is C14H15NO5. The number of rotatable bonds is 5. The molecule has 0 saturated carbocycles. The van der Waals surface area contributed by atoms with Gasteiger partial charge in [-0.1, -0.05) is 6.07 Å². The van der Waals surface area contributed by atoms with Crippen molar-refractivity contribution in [1.29, 1.82) is 0 Å². The molecule has 0 amide bonds. The highest BCUT2D eigenvalue weighted by molar-refractivity contribution is 5.97. The molecule has 6 heteroatoms. The number of aromatic amines is 1. The van der Waals surface area contributed by atoms with Gasteiger partial charge in [0.05, 0.1) is 6.61 Å². The van der Waals surface area contributed by atoms with Crippen molar-refractivity contribution >= 4 is 23.2 Å². The minimum absolute atomic E-state index is 0.120. The fourth-order valence-corrected chi connectivity index (χ4v) is 1.98. The normalized spacial score (nSPS) is 13.9. The van der Waals surface area contributed by atoms with E-state index in [4.69, 9.17) is 0 Å². The van der Waals surface area contributed by atoms with Crippen molar-refractivity contribution in [3.63, 3.8) is 0 Å². The van der Waals surface area contributed by atoms with Crippen molar-refractivity contribution in [2.24, 2.45) is 0 Å². The van der Waals surface area contributed by atoms with Crippen LogP contribution in [0.5, 0.6) is 0 Å². The number of H-pyrrole nitrogens is 1. The molecule has 0 radical (unpaired) electrons. The number of aldehydes is 1. The predicted octanol–water partition coefficient (Wildman–Crippen LogP) is 0.938. The maximum atomic E-state index is 11.4. The number of fused-ring (bicyclic) bond motifs is 1. The Labute approximate surface area is 115 Å². The highest BCUT2D eigenvalue weighted by Crippen LogP contribution is 2.24. The van der Waals surface area contributed by atoms with Crippen LogP contribution in [0.1, 0.15) is 28.9 Å². The molecule has 2 atom stereocenters. The first kappa shape index (κ1) is 14.2. The highest BCUT2D eigenvalue weighted by atomic mass is 16.5. The lowest BCUT2D eigenvalue weighted by Crippen LogP contribution is -2.29. The van der Waals surface area contributed by atoms with Gasteiger partial charge >= 0.3 is 5.97 Å². The van der Waals surface area contributed by atoms with Gasteiger partial charge in [-0.3, -0.25) is 4.79 Å². The summed E-state index contributed by atoms with van der Waals surface area (Å²) in [6.45, 7) is 1.73. The summed E-state index contributed by atoms with van der Waals surface area (Å²) in [7, 11) is 0. The summed E-state index contributed by atoms with van der Waals surface area (Å²) in [5, 5.41) is 20.3. The molecule has 0 bridgehead atoms. The van der Waals surface area contributed by atoms with Crippen molar-refractivity contribution in [3.8, 4) is 0 Å². The number of benzene rings is 1. The zero-order chi connectivity index (χ0) is 14.7. The van der Waals surface area contributed by atoms with E-state index < -0.39 is 18.2 Å². The summed E-state index contributed by atoms with van der Waals surface area (Å²) in [5.74, 6) is -0.884. The molecule has 0 aliphatic heterocycles. The van der Waals surface area contributed by atoms with Gasteiger partial charge in [0, 0.05) is 22.7 Å². The smallest absolute Gasteiger partial charge is 0.338 e. The van der Waals surface area contributed by atoms with Gasteiger partial charge in [0.2, 0.25) is 0 Å². The Bertz CT molecular complexity index is 634. The molecular weight excluding hydrogens is 262 g/mol. The van der Waals surface area contributed by atoms with Gasteiger partial charge in [-0.2, -0.15) is 0 Å². The van der Waals surface area contributed by atoms with Crippen LogP contribution >= 0.6 is 0 Å². The number of aliphatic hydroxyl groups is 2. The van der Waals surface area contributed by atoms with Gasteiger partial charge in [0.15, 0.2) is 12.4 Å². The summed E-state index contributed by atoms with van der Waals surface area (Å²) < 4.78 is 4.65. The molecule has 0 fully saturated rings. The molecule has 3 N–H and O–H groups in total. The van der Waals surface area contributed by atoms with Crippen LogP contribution in [0.4, 0.5) is 0 Å². The monoisotopic (exact) mass is 277 g/mol. The van der Waals surface area contributed by atoms with Crippen LogP contribution in [0, 0.1) is 0 Å².